The zero-order valence-corrected chi connectivity index (χ0v) is 13.1. The summed E-state index contributed by atoms with van der Waals surface area (Å²) in [6, 6.07) is 4.80. The fourth-order valence-electron chi connectivity index (χ4n) is 3.09. The van der Waals surface area contributed by atoms with Gasteiger partial charge in [0.1, 0.15) is 17.0 Å². The van der Waals surface area contributed by atoms with Crippen molar-refractivity contribution in [2.24, 2.45) is 0 Å². The van der Waals surface area contributed by atoms with Gasteiger partial charge in [0, 0.05) is 16.6 Å². The van der Waals surface area contributed by atoms with Crippen LogP contribution in [0.5, 0.6) is 0 Å². The van der Waals surface area contributed by atoms with Crippen molar-refractivity contribution in [2.75, 3.05) is 5.73 Å². The molecule has 0 unspecified atom stereocenters. The highest BCUT2D eigenvalue weighted by Gasteiger charge is 2.19. The second-order valence-electron chi connectivity index (χ2n) is 5.80. The molecule has 0 atom stereocenters. The first-order chi connectivity index (χ1) is 11.5. The monoisotopic (exact) mass is 323 g/mol. The highest BCUT2D eigenvalue weighted by Crippen LogP contribution is 2.36. The van der Waals surface area contributed by atoms with Crippen molar-refractivity contribution in [2.45, 2.75) is 13.8 Å². The quantitative estimate of drug-likeness (QED) is 0.501. The molecule has 3 heterocycles. The summed E-state index contributed by atoms with van der Waals surface area (Å²) in [6.07, 6.45) is 1.52. The highest BCUT2D eigenvalue weighted by molar-refractivity contribution is 6.06. The second kappa shape index (κ2) is 4.89. The number of fused-ring (bicyclic) bond motifs is 2. The van der Waals surface area contributed by atoms with Crippen LogP contribution in [0.15, 0.2) is 29.2 Å². The minimum atomic E-state index is -0.417. The molecule has 4 aromatic rings. The number of pyridine rings is 2. The molecule has 0 saturated heterocycles. The Morgan fingerprint density at radius 2 is 2.00 bits per heavy atom. The maximum Gasteiger partial charge on any atom is 0.272 e. The third-order valence-corrected chi connectivity index (χ3v) is 4.17. The molecule has 7 heteroatoms. The molecule has 1 aromatic carbocycles. The number of hydrogen-bond donors (Lipinski definition) is 3. The van der Waals surface area contributed by atoms with E-state index in [1.54, 1.807) is 6.07 Å². The molecule has 4 rings (SSSR count). The summed E-state index contributed by atoms with van der Waals surface area (Å²) >= 11 is 0. The first-order valence-corrected chi connectivity index (χ1v) is 7.39. The van der Waals surface area contributed by atoms with E-state index in [4.69, 9.17) is 5.73 Å². The molecule has 0 saturated carbocycles. The van der Waals surface area contributed by atoms with Crippen LogP contribution < -0.4 is 11.3 Å². The van der Waals surface area contributed by atoms with Gasteiger partial charge in [0.2, 0.25) is 0 Å². The zero-order valence-electron chi connectivity index (χ0n) is 13.1. The number of rotatable bonds is 1. The number of nitrogens with zero attached hydrogens (tertiary/aromatic N) is 2. The van der Waals surface area contributed by atoms with Gasteiger partial charge in [-0.2, -0.15) is 5.10 Å². The van der Waals surface area contributed by atoms with Crippen LogP contribution in [0, 0.1) is 19.7 Å². The van der Waals surface area contributed by atoms with Crippen LogP contribution in [0.25, 0.3) is 33.1 Å². The van der Waals surface area contributed by atoms with E-state index >= 15 is 0 Å². The Hall–Kier alpha value is -3.22. The Morgan fingerprint density at radius 1 is 1.21 bits per heavy atom. The third-order valence-electron chi connectivity index (χ3n) is 4.17. The smallest absolute Gasteiger partial charge is 0.272 e. The molecule has 0 amide bonds. The number of hydrogen-bond acceptors (Lipinski definition) is 4. The van der Waals surface area contributed by atoms with Crippen LogP contribution in [-0.2, 0) is 0 Å². The molecule has 0 bridgehead atoms. The lowest BCUT2D eigenvalue weighted by Crippen LogP contribution is -2.15. The number of aromatic nitrogens is 4. The topological polar surface area (TPSA) is 100 Å². The maximum atomic E-state index is 14.0. The number of nitrogens with two attached hydrogens (primary N) is 1. The van der Waals surface area contributed by atoms with Crippen molar-refractivity contribution in [1.29, 1.82) is 0 Å². The first-order valence-electron chi connectivity index (χ1n) is 7.39. The van der Waals surface area contributed by atoms with Gasteiger partial charge in [0.15, 0.2) is 0 Å². The number of anilines is 1. The van der Waals surface area contributed by atoms with Crippen LogP contribution >= 0.6 is 0 Å². The SMILES string of the molecule is Cc1cc(C)c2[nH]c(=O)c(N)c(-c3ccc(F)c4[nH]ncc34)c2n1. The predicted octanol–water partition coefficient (Wildman–Crippen LogP) is 2.80. The molecule has 24 heavy (non-hydrogen) atoms. The van der Waals surface area contributed by atoms with Gasteiger partial charge in [-0.1, -0.05) is 6.07 Å². The average Bonchev–Trinajstić information content (AvgIpc) is 3.02. The van der Waals surface area contributed by atoms with Gasteiger partial charge in [0.05, 0.1) is 17.2 Å². The number of nitrogen functional groups attached to an aromatic ring is 1. The van der Waals surface area contributed by atoms with Gasteiger partial charge in [-0.3, -0.25) is 14.9 Å². The molecule has 4 N–H and O–H groups in total. The number of halogens is 1. The summed E-state index contributed by atoms with van der Waals surface area (Å²) < 4.78 is 14.0. The maximum absolute atomic E-state index is 14.0. The molecule has 0 aliphatic carbocycles. The van der Waals surface area contributed by atoms with Crippen LogP contribution in [0.2, 0.25) is 0 Å². The number of nitrogens with one attached hydrogen (secondary N) is 2. The lowest BCUT2D eigenvalue weighted by Gasteiger charge is -2.12. The minimum Gasteiger partial charge on any atom is -0.394 e. The second-order valence-corrected chi connectivity index (χ2v) is 5.80. The van der Waals surface area contributed by atoms with E-state index in [1.165, 1.54) is 12.3 Å². The minimum absolute atomic E-state index is 0.0501. The summed E-state index contributed by atoms with van der Waals surface area (Å²) in [5.74, 6) is -0.417. The van der Waals surface area contributed by atoms with E-state index < -0.39 is 11.4 Å². The molecule has 0 aliphatic rings. The summed E-state index contributed by atoms with van der Waals surface area (Å²) in [4.78, 5) is 19.6. The van der Waals surface area contributed by atoms with E-state index in [0.29, 0.717) is 27.5 Å². The molecule has 6 nitrogen and oxygen atoms in total. The van der Waals surface area contributed by atoms with Gasteiger partial charge >= 0.3 is 0 Å². The largest absolute Gasteiger partial charge is 0.394 e. The molecular formula is C17H14FN5O. The summed E-state index contributed by atoms with van der Waals surface area (Å²) in [7, 11) is 0. The van der Waals surface area contributed by atoms with Crippen LogP contribution in [0.3, 0.4) is 0 Å². The molecule has 0 fully saturated rings. The van der Waals surface area contributed by atoms with Gasteiger partial charge in [-0.25, -0.2) is 4.39 Å². The molecule has 120 valence electrons. The molecule has 0 radical (unpaired) electrons. The van der Waals surface area contributed by atoms with Crippen LogP contribution in [0.1, 0.15) is 11.3 Å². The van der Waals surface area contributed by atoms with E-state index in [2.05, 4.69) is 20.2 Å². The lowest BCUT2D eigenvalue weighted by atomic mass is 9.98. The van der Waals surface area contributed by atoms with Crippen molar-refractivity contribution < 1.29 is 4.39 Å². The summed E-state index contributed by atoms with van der Waals surface area (Å²) in [6.45, 7) is 3.76. The number of aromatic amines is 2. The Kier molecular flexibility index (Phi) is 2.93. The van der Waals surface area contributed by atoms with Gasteiger partial charge in [-0.15, -0.1) is 0 Å². The van der Waals surface area contributed by atoms with Crippen molar-refractivity contribution in [3.05, 3.63) is 51.8 Å². The van der Waals surface area contributed by atoms with Crippen molar-refractivity contribution in [3.8, 4) is 11.1 Å². The number of H-pyrrole nitrogens is 2. The lowest BCUT2D eigenvalue weighted by molar-refractivity contribution is 0.636. The average molecular weight is 323 g/mol. The van der Waals surface area contributed by atoms with E-state index in [1.807, 2.05) is 19.9 Å². The van der Waals surface area contributed by atoms with E-state index in [-0.39, 0.29) is 11.2 Å². The van der Waals surface area contributed by atoms with Crippen molar-refractivity contribution in [1.82, 2.24) is 20.2 Å². The first kappa shape index (κ1) is 14.4. The fourth-order valence-corrected chi connectivity index (χ4v) is 3.09. The summed E-state index contributed by atoms with van der Waals surface area (Å²) in [5.41, 5.74) is 10.00. The Bertz CT molecular complexity index is 1180. The third kappa shape index (κ3) is 1.91. The van der Waals surface area contributed by atoms with Gasteiger partial charge in [-0.05, 0) is 37.1 Å². The molecular weight excluding hydrogens is 309 g/mol. The zero-order chi connectivity index (χ0) is 17.0. The molecule has 0 aliphatic heterocycles. The Labute approximate surface area is 135 Å². The highest BCUT2D eigenvalue weighted by atomic mass is 19.1. The fraction of sp³-hybridized carbons (Fsp3) is 0.118. The number of benzene rings is 1. The van der Waals surface area contributed by atoms with Crippen LogP contribution in [0.4, 0.5) is 10.1 Å². The standard InChI is InChI=1S/C17H14FN5O/c1-7-5-8(2)21-16-12(13(19)17(24)22-14(7)16)9-3-4-11(18)15-10(9)6-20-23-15/h3-6H,19H2,1-2H3,(H,20,23)(H,22,24). The molecule has 3 aromatic heterocycles. The molecule has 0 spiro atoms. The Balaban J connectivity index is 2.24. The van der Waals surface area contributed by atoms with E-state index in [9.17, 15) is 9.18 Å². The number of aryl methyl sites for hydroxylation is 2. The van der Waals surface area contributed by atoms with Crippen molar-refractivity contribution >= 4 is 27.6 Å². The van der Waals surface area contributed by atoms with Gasteiger partial charge < -0.3 is 10.7 Å². The van der Waals surface area contributed by atoms with E-state index in [0.717, 1.165) is 11.3 Å². The Morgan fingerprint density at radius 3 is 2.79 bits per heavy atom. The summed E-state index contributed by atoms with van der Waals surface area (Å²) in [5, 5.41) is 7.08. The van der Waals surface area contributed by atoms with Gasteiger partial charge in [0.25, 0.3) is 5.56 Å². The van der Waals surface area contributed by atoms with Crippen LogP contribution in [-0.4, -0.2) is 20.2 Å². The normalized spacial score (nSPS) is 11.5. The van der Waals surface area contributed by atoms with Crippen molar-refractivity contribution in [3.63, 3.8) is 0 Å². The predicted molar refractivity (Wildman–Crippen MR) is 91.3 cm³/mol.